The van der Waals surface area contributed by atoms with Crippen molar-refractivity contribution in [2.24, 2.45) is 0 Å². The van der Waals surface area contributed by atoms with E-state index in [0.29, 0.717) is 5.69 Å². The molecule has 0 unspecified atom stereocenters. The Morgan fingerprint density at radius 2 is 1.29 bits per heavy atom. The van der Waals surface area contributed by atoms with E-state index in [4.69, 9.17) is 0 Å². The van der Waals surface area contributed by atoms with Crippen LogP contribution in [0.3, 0.4) is 0 Å². The Morgan fingerprint density at radius 1 is 0.792 bits per heavy atom. The first-order chi connectivity index (χ1) is 11.2. The molecule has 0 atom stereocenters. The zero-order chi connectivity index (χ0) is 18.0. The molecule has 0 aliphatic carbocycles. The van der Waals surface area contributed by atoms with E-state index in [9.17, 15) is 16.8 Å². The molecule has 6 nitrogen and oxygen atoms in total. The van der Waals surface area contributed by atoms with Gasteiger partial charge in [-0.25, -0.2) is 21.6 Å². The lowest BCUT2D eigenvalue weighted by Crippen LogP contribution is -2.19. The Labute approximate surface area is 143 Å². The highest BCUT2D eigenvalue weighted by molar-refractivity contribution is 7.92. The second kappa shape index (κ2) is 6.92. The Hall–Kier alpha value is -1.90. The van der Waals surface area contributed by atoms with Gasteiger partial charge in [0.2, 0.25) is 10.0 Å². The van der Waals surface area contributed by atoms with Gasteiger partial charge in [-0.2, -0.15) is 0 Å². The van der Waals surface area contributed by atoms with E-state index in [1.165, 1.54) is 31.3 Å². The summed E-state index contributed by atoms with van der Waals surface area (Å²) in [5.41, 5.74) is 1.40. The second-order valence-electron chi connectivity index (χ2n) is 5.53. The van der Waals surface area contributed by atoms with Crippen LogP contribution < -0.4 is 9.44 Å². The normalized spacial score (nSPS) is 12.3. The summed E-state index contributed by atoms with van der Waals surface area (Å²) in [7, 11) is -6.11. The summed E-state index contributed by atoms with van der Waals surface area (Å²) in [5, 5.41) is 0. The van der Waals surface area contributed by atoms with Crippen LogP contribution in [0.5, 0.6) is 0 Å². The molecule has 2 aromatic rings. The van der Waals surface area contributed by atoms with Crippen LogP contribution in [0, 0.1) is 0 Å². The molecule has 2 rings (SSSR count). The van der Waals surface area contributed by atoms with Crippen LogP contribution in [0.15, 0.2) is 58.3 Å². The van der Waals surface area contributed by atoms with E-state index in [2.05, 4.69) is 9.44 Å². The maximum Gasteiger partial charge on any atom is 0.261 e. The first-order valence-electron chi connectivity index (χ1n) is 7.33. The van der Waals surface area contributed by atoms with Gasteiger partial charge in [-0.15, -0.1) is 0 Å². The fourth-order valence-corrected chi connectivity index (χ4v) is 4.03. The monoisotopic (exact) mass is 368 g/mol. The molecule has 8 heteroatoms. The summed E-state index contributed by atoms with van der Waals surface area (Å²) >= 11 is 0. The zero-order valence-corrected chi connectivity index (χ0v) is 15.3. The van der Waals surface area contributed by atoms with Crippen molar-refractivity contribution in [1.82, 2.24) is 4.72 Å². The van der Waals surface area contributed by atoms with E-state index < -0.39 is 20.0 Å². The number of hydrogen-bond donors (Lipinski definition) is 2. The Balaban J connectivity index is 2.35. The van der Waals surface area contributed by atoms with Crippen LogP contribution in [-0.4, -0.2) is 23.9 Å². The lowest BCUT2D eigenvalue weighted by molar-refractivity contribution is 0.587. The van der Waals surface area contributed by atoms with Crippen molar-refractivity contribution in [2.75, 3.05) is 11.8 Å². The first kappa shape index (κ1) is 18.4. The van der Waals surface area contributed by atoms with Crippen LogP contribution in [-0.2, 0) is 20.0 Å². The second-order valence-corrected chi connectivity index (χ2v) is 9.10. The predicted octanol–water partition coefficient (Wildman–Crippen LogP) is 2.52. The van der Waals surface area contributed by atoms with Gasteiger partial charge in [0.15, 0.2) is 0 Å². The first-order valence-corrected chi connectivity index (χ1v) is 10.3. The van der Waals surface area contributed by atoms with Gasteiger partial charge in [-0.05, 0) is 48.9 Å². The molecule has 0 aliphatic rings. The molecule has 0 saturated heterocycles. The Bertz CT molecular complexity index is 919. The topological polar surface area (TPSA) is 92.3 Å². The summed E-state index contributed by atoms with van der Waals surface area (Å²) in [6.45, 7) is 3.95. The fraction of sp³-hybridized carbons (Fsp3) is 0.250. The standard InChI is InChI=1S/C16H20N2O4S2/c1-12(2)15-6-4-5-7-16(15)18-24(21,22)14-10-8-13(9-11-14)23(19,20)17-3/h4-12,17-18H,1-3H3. The van der Waals surface area contributed by atoms with E-state index in [1.807, 2.05) is 26.0 Å². The van der Waals surface area contributed by atoms with Crippen LogP contribution in [0.2, 0.25) is 0 Å². The summed E-state index contributed by atoms with van der Waals surface area (Å²) < 4.78 is 53.2. The number of benzene rings is 2. The van der Waals surface area contributed by atoms with Gasteiger partial charge in [0.1, 0.15) is 0 Å². The minimum atomic E-state index is -3.80. The summed E-state index contributed by atoms with van der Waals surface area (Å²) in [4.78, 5) is 0.00245. The largest absolute Gasteiger partial charge is 0.279 e. The van der Waals surface area contributed by atoms with Gasteiger partial charge in [0, 0.05) is 0 Å². The van der Waals surface area contributed by atoms with E-state index in [1.54, 1.807) is 12.1 Å². The van der Waals surface area contributed by atoms with Crippen molar-refractivity contribution < 1.29 is 16.8 Å². The lowest BCUT2D eigenvalue weighted by atomic mass is 10.0. The molecule has 24 heavy (non-hydrogen) atoms. The van der Waals surface area contributed by atoms with Gasteiger partial charge < -0.3 is 0 Å². The van der Waals surface area contributed by atoms with Gasteiger partial charge >= 0.3 is 0 Å². The average Bonchev–Trinajstić information content (AvgIpc) is 2.55. The van der Waals surface area contributed by atoms with Gasteiger partial charge in [0.05, 0.1) is 15.5 Å². The number of hydrogen-bond acceptors (Lipinski definition) is 4. The number of anilines is 1. The smallest absolute Gasteiger partial charge is 0.261 e. The van der Waals surface area contributed by atoms with Crippen molar-refractivity contribution >= 4 is 25.7 Å². The molecule has 0 bridgehead atoms. The third kappa shape index (κ3) is 3.95. The van der Waals surface area contributed by atoms with Crippen molar-refractivity contribution in [1.29, 1.82) is 0 Å². The van der Waals surface area contributed by atoms with Crippen molar-refractivity contribution in [3.8, 4) is 0 Å². The van der Waals surface area contributed by atoms with E-state index in [0.717, 1.165) is 5.56 Å². The summed E-state index contributed by atoms with van der Waals surface area (Å²) in [6, 6.07) is 12.2. The highest BCUT2D eigenvalue weighted by Gasteiger charge is 2.18. The molecule has 2 N–H and O–H groups in total. The lowest BCUT2D eigenvalue weighted by Gasteiger charge is -2.15. The number of rotatable bonds is 6. The summed E-state index contributed by atoms with van der Waals surface area (Å²) in [5.74, 6) is 0.159. The fourth-order valence-electron chi connectivity index (χ4n) is 2.21. The highest BCUT2D eigenvalue weighted by atomic mass is 32.2. The van der Waals surface area contributed by atoms with Gasteiger partial charge in [-0.1, -0.05) is 32.0 Å². The summed E-state index contributed by atoms with van der Waals surface area (Å²) in [6.07, 6.45) is 0. The molecule has 0 fully saturated rings. The quantitative estimate of drug-likeness (QED) is 0.819. The molecular weight excluding hydrogens is 348 g/mol. The molecular formula is C16H20N2O4S2. The SMILES string of the molecule is CNS(=O)(=O)c1ccc(S(=O)(=O)Nc2ccccc2C(C)C)cc1. The molecule has 0 radical (unpaired) electrons. The Kier molecular flexibility index (Phi) is 5.32. The molecule has 0 heterocycles. The molecule has 0 saturated carbocycles. The predicted molar refractivity (Wildman–Crippen MR) is 94.0 cm³/mol. The average molecular weight is 368 g/mol. The maximum atomic E-state index is 12.5. The molecule has 2 aromatic carbocycles. The van der Waals surface area contributed by atoms with Crippen LogP contribution >= 0.6 is 0 Å². The van der Waals surface area contributed by atoms with Crippen molar-refractivity contribution in [3.05, 3.63) is 54.1 Å². The van der Waals surface area contributed by atoms with Crippen molar-refractivity contribution in [3.63, 3.8) is 0 Å². The molecule has 0 spiro atoms. The highest BCUT2D eigenvalue weighted by Crippen LogP contribution is 2.26. The minimum absolute atomic E-state index is 0.00360. The van der Waals surface area contributed by atoms with Gasteiger partial charge in [0.25, 0.3) is 10.0 Å². The number of sulfonamides is 2. The maximum absolute atomic E-state index is 12.5. The molecule has 0 aromatic heterocycles. The molecule has 0 amide bonds. The zero-order valence-electron chi connectivity index (χ0n) is 13.6. The van der Waals surface area contributed by atoms with E-state index in [-0.39, 0.29) is 15.7 Å². The van der Waals surface area contributed by atoms with E-state index >= 15 is 0 Å². The van der Waals surface area contributed by atoms with Crippen LogP contribution in [0.4, 0.5) is 5.69 Å². The molecule has 0 aliphatic heterocycles. The third-order valence-corrected chi connectivity index (χ3v) is 6.35. The minimum Gasteiger partial charge on any atom is -0.279 e. The van der Waals surface area contributed by atoms with Crippen molar-refractivity contribution in [2.45, 2.75) is 29.6 Å². The number of para-hydroxylation sites is 1. The van der Waals surface area contributed by atoms with Crippen LogP contribution in [0.25, 0.3) is 0 Å². The van der Waals surface area contributed by atoms with Crippen LogP contribution in [0.1, 0.15) is 25.3 Å². The number of nitrogens with one attached hydrogen (secondary N) is 2. The van der Waals surface area contributed by atoms with Gasteiger partial charge in [-0.3, -0.25) is 4.72 Å². The molecule has 130 valence electrons. The third-order valence-electron chi connectivity index (χ3n) is 3.54. The Morgan fingerprint density at radius 3 is 1.79 bits per heavy atom.